The van der Waals surface area contributed by atoms with Crippen LogP contribution in [0.3, 0.4) is 0 Å². The van der Waals surface area contributed by atoms with Gasteiger partial charge in [-0.15, -0.1) is 11.3 Å². The number of aromatic nitrogens is 1. The van der Waals surface area contributed by atoms with E-state index >= 15 is 0 Å². The van der Waals surface area contributed by atoms with E-state index in [0.717, 1.165) is 17.1 Å². The van der Waals surface area contributed by atoms with Gasteiger partial charge in [-0.1, -0.05) is 20.8 Å². The Kier molecular flexibility index (Phi) is 3.88. The van der Waals surface area contributed by atoms with E-state index in [1.54, 1.807) is 11.3 Å². The summed E-state index contributed by atoms with van der Waals surface area (Å²) in [5.41, 5.74) is 1.14. The lowest BCUT2D eigenvalue weighted by Gasteiger charge is -2.14. The first-order valence-corrected chi connectivity index (χ1v) is 5.62. The van der Waals surface area contributed by atoms with Crippen molar-refractivity contribution in [2.24, 2.45) is 5.92 Å². The first kappa shape index (κ1) is 10.7. The van der Waals surface area contributed by atoms with Gasteiger partial charge < -0.3 is 5.11 Å². The summed E-state index contributed by atoms with van der Waals surface area (Å²) in [6.07, 6.45) is 0.979. The predicted octanol–water partition coefficient (Wildman–Crippen LogP) is 2.44. The van der Waals surface area contributed by atoms with Gasteiger partial charge >= 0.3 is 0 Å². The summed E-state index contributed by atoms with van der Waals surface area (Å²) in [6.45, 7) is 6.54. The molecule has 0 amide bonds. The Balaban J connectivity index is 2.79. The molecule has 0 saturated heterocycles. The van der Waals surface area contributed by atoms with Gasteiger partial charge in [-0.25, -0.2) is 4.98 Å². The zero-order valence-electron chi connectivity index (χ0n) is 8.45. The lowest BCUT2D eigenvalue weighted by molar-refractivity contribution is 0.237. The molecule has 1 aromatic rings. The van der Waals surface area contributed by atoms with Gasteiger partial charge in [0.1, 0.15) is 0 Å². The molecule has 3 heteroatoms. The molecule has 74 valence electrons. The number of aryl methyl sites for hydroxylation is 1. The fraction of sp³-hybridized carbons (Fsp3) is 0.700. The van der Waals surface area contributed by atoms with Crippen LogP contribution in [0.5, 0.6) is 0 Å². The summed E-state index contributed by atoms with van der Waals surface area (Å²) in [4.78, 5) is 4.48. The highest BCUT2D eigenvalue weighted by molar-refractivity contribution is 7.09. The van der Waals surface area contributed by atoms with E-state index in [4.69, 9.17) is 0 Å². The molecular weight excluding hydrogens is 182 g/mol. The molecule has 1 N–H and O–H groups in total. The van der Waals surface area contributed by atoms with E-state index in [-0.39, 0.29) is 12.5 Å². The summed E-state index contributed by atoms with van der Waals surface area (Å²) >= 11 is 1.66. The number of hydrogen-bond acceptors (Lipinski definition) is 3. The second kappa shape index (κ2) is 4.72. The summed E-state index contributed by atoms with van der Waals surface area (Å²) in [5, 5.41) is 12.4. The Labute approximate surface area is 83.6 Å². The van der Waals surface area contributed by atoms with E-state index in [0.29, 0.717) is 5.92 Å². The molecule has 1 unspecified atom stereocenters. The molecule has 1 heterocycles. The topological polar surface area (TPSA) is 33.1 Å². The zero-order valence-corrected chi connectivity index (χ0v) is 9.27. The number of thiazole rings is 1. The Morgan fingerprint density at radius 1 is 1.54 bits per heavy atom. The maximum Gasteiger partial charge on any atom is 0.0984 e. The number of nitrogens with zero attached hydrogens (tertiary/aromatic N) is 1. The van der Waals surface area contributed by atoms with Crippen molar-refractivity contribution in [1.82, 2.24) is 4.98 Å². The smallest absolute Gasteiger partial charge is 0.0984 e. The Morgan fingerprint density at radius 2 is 2.23 bits per heavy atom. The van der Waals surface area contributed by atoms with Crippen LogP contribution in [0.2, 0.25) is 0 Å². The molecule has 0 aliphatic rings. The SMILES string of the molecule is CCc1csc(C(CO)C(C)C)n1. The molecule has 0 saturated carbocycles. The average Bonchev–Trinajstić information content (AvgIpc) is 2.53. The number of aliphatic hydroxyl groups is 1. The van der Waals surface area contributed by atoms with Crippen LogP contribution in [-0.4, -0.2) is 16.7 Å². The molecule has 0 aliphatic carbocycles. The van der Waals surface area contributed by atoms with Gasteiger partial charge in [-0.05, 0) is 12.3 Å². The highest BCUT2D eigenvalue weighted by Gasteiger charge is 2.17. The van der Waals surface area contributed by atoms with Gasteiger partial charge in [0.25, 0.3) is 0 Å². The van der Waals surface area contributed by atoms with Gasteiger partial charge in [0, 0.05) is 11.3 Å². The van der Waals surface area contributed by atoms with Crippen LogP contribution in [0.4, 0.5) is 0 Å². The van der Waals surface area contributed by atoms with E-state index < -0.39 is 0 Å². The Hall–Kier alpha value is -0.410. The minimum Gasteiger partial charge on any atom is -0.396 e. The predicted molar refractivity (Wildman–Crippen MR) is 56.2 cm³/mol. The first-order valence-electron chi connectivity index (χ1n) is 4.74. The molecule has 0 fully saturated rings. The molecule has 2 nitrogen and oxygen atoms in total. The summed E-state index contributed by atoms with van der Waals surface area (Å²) in [6, 6.07) is 0. The van der Waals surface area contributed by atoms with Gasteiger partial charge in [-0.3, -0.25) is 0 Å². The molecule has 0 aliphatic heterocycles. The quantitative estimate of drug-likeness (QED) is 0.808. The summed E-state index contributed by atoms with van der Waals surface area (Å²) < 4.78 is 0. The van der Waals surface area contributed by atoms with Crippen LogP contribution in [0, 0.1) is 5.92 Å². The fourth-order valence-electron chi connectivity index (χ4n) is 1.23. The van der Waals surface area contributed by atoms with Gasteiger partial charge in [-0.2, -0.15) is 0 Å². The Bertz CT molecular complexity index is 257. The third-order valence-electron chi connectivity index (χ3n) is 2.25. The van der Waals surface area contributed by atoms with E-state index in [1.807, 2.05) is 0 Å². The third kappa shape index (κ3) is 2.51. The number of rotatable bonds is 4. The van der Waals surface area contributed by atoms with E-state index in [2.05, 4.69) is 31.1 Å². The minimum absolute atomic E-state index is 0.203. The number of aliphatic hydroxyl groups excluding tert-OH is 1. The van der Waals surface area contributed by atoms with Crippen molar-refractivity contribution in [2.75, 3.05) is 6.61 Å². The fourth-order valence-corrected chi connectivity index (χ4v) is 2.40. The molecular formula is C10H17NOS. The lowest BCUT2D eigenvalue weighted by Crippen LogP contribution is -2.10. The van der Waals surface area contributed by atoms with Crippen molar-refractivity contribution in [3.63, 3.8) is 0 Å². The molecule has 0 radical (unpaired) electrons. The molecule has 1 rings (SSSR count). The van der Waals surface area contributed by atoms with Crippen molar-refractivity contribution < 1.29 is 5.11 Å². The van der Waals surface area contributed by atoms with Crippen molar-refractivity contribution in [1.29, 1.82) is 0 Å². The second-order valence-corrected chi connectivity index (χ2v) is 4.45. The van der Waals surface area contributed by atoms with Crippen LogP contribution in [0.15, 0.2) is 5.38 Å². The van der Waals surface area contributed by atoms with Crippen molar-refractivity contribution in [3.8, 4) is 0 Å². The second-order valence-electron chi connectivity index (χ2n) is 3.56. The van der Waals surface area contributed by atoms with Crippen LogP contribution in [0.25, 0.3) is 0 Å². The largest absolute Gasteiger partial charge is 0.396 e. The molecule has 1 atom stereocenters. The Morgan fingerprint density at radius 3 is 2.62 bits per heavy atom. The van der Waals surface area contributed by atoms with Crippen molar-refractivity contribution in [3.05, 3.63) is 16.1 Å². The lowest BCUT2D eigenvalue weighted by atomic mass is 9.98. The van der Waals surface area contributed by atoms with Crippen LogP contribution in [0.1, 0.15) is 37.4 Å². The van der Waals surface area contributed by atoms with Crippen molar-refractivity contribution >= 4 is 11.3 Å². The van der Waals surface area contributed by atoms with Crippen LogP contribution in [-0.2, 0) is 6.42 Å². The maximum absolute atomic E-state index is 9.20. The average molecular weight is 199 g/mol. The van der Waals surface area contributed by atoms with Crippen LogP contribution >= 0.6 is 11.3 Å². The van der Waals surface area contributed by atoms with Gasteiger partial charge in [0.05, 0.1) is 17.3 Å². The maximum atomic E-state index is 9.20. The highest BCUT2D eigenvalue weighted by Crippen LogP contribution is 2.26. The zero-order chi connectivity index (χ0) is 9.84. The third-order valence-corrected chi connectivity index (χ3v) is 3.28. The summed E-state index contributed by atoms with van der Waals surface area (Å²) in [5.74, 6) is 0.672. The highest BCUT2D eigenvalue weighted by atomic mass is 32.1. The monoisotopic (exact) mass is 199 g/mol. The number of hydrogen-bond donors (Lipinski definition) is 1. The van der Waals surface area contributed by atoms with E-state index in [1.165, 1.54) is 0 Å². The van der Waals surface area contributed by atoms with Crippen LogP contribution < -0.4 is 0 Å². The molecule has 0 aromatic carbocycles. The standard InChI is InChI=1S/C10H17NOS/c1-4-8-6-13-10(11-8)9(5-12)7(2)3/h6-7,9,12H,4-5H2,1-3H3. The van der Waals surface area contributed by atoms with Crippen molar-refractivity contribution in [2.45, 2.75) is 33.1 Å². The van der Waals surface area contributed by atoms with Gasteiger partial charge in [0.2, 0.25) is 0 Å². The minimum atomic E-state index is 0.203. The molecule has 1 aromatic heterocycles. The molecule has 13 heavy (non-hydrogen) atoms. The first-order chi connectivity index (χ1) is 6.19. The van der Waals surface area contributed by atoms with E-state index in [9.17, 15) is 5.11 Å². The molecule has 0 spiro atoms. The molecule has 0 bridgehead atoms. The van der Waals surface area contributed by atoms with Gasteiger partial charge in [0.15, 0.2) is 0 Å². The normalized spacial score (nSPS) is 13.6. The summed E-state index contributed by atoms with van der Waals surface area (Å²) in [7, 11) is 0.